The topological polar surface area (TPSA) is 65.4 Å². The molecule has 0 saturated carbocycles. The third-order valence-electron chi connectivity index (χ3n) is 3.76. The van der Waals surface area contributed by atoms with Gasteiger partial charge in [0.15, 0.2) is 0 Å². The van der Waals surface area contributed by atoms with Crippen molar-refractivity contribution in [3.05, 3.63) is 72.1 Å². The Labute approximate surface area is 156 Å². The zero-order valence-corrected chi connectivity index (χ0v) is 15.3. The highest BCUT2D eigenvalue weighted by Crippen LogP contribution is 2.27. The van der Waals surface area contributed by atoms with Crippen LogP contribution in [0, 0.1) is 0 Å². The van der Waals surface area contributed by atoms with E-state index in [1.165, 1.54) is 11.9 Å². The molecule has 0 fully saturated rings. The van der Waals surface area contributed by atoms with Gasteiger partial charge in [-0.2, -0.15) is 5.10 Å². The summed E-state index contributed by atoms with van der Waals surface area (Å²) in [6.07, 6.45) is 3.60. The number of ether oxygens (including phenoxy) is 2. The van der Waals surface area contributed by atoms with Gasteiger partial charge in [0.05, 0.1) is 25.7 Å². The quantitative estimate of drug-likeness (QED) is 0.647. The Morgan fingerprint density at radius 2 is 1.92 bits per heavy atom. The Balaban J connectivity index is 1.71. The molecule has 3 rings (SSSR count). The summed E-state index contributed by atoms with van der Waals surface area (Å²) in [5, 5.41) is 4.19. The van der Waals surface area contributed by atoms with Gasteiger partial charge in [0.1, 0.15) is 11.5 Å². The number of nitrogens with zero attached hydrogens (tertiary/aromatic N) is 2. The van der Waals surface area contributed by atoms with Crippen LogP contribution in [-0.4, -0.2) is 29.9 Å². The molecular weight excluding hydrogens is 350 g/mol. The van der Waals surface area contributed by atoms with Gasteiger partial charge in [0, 0.05) is 23.5 Å². The van der Waals surface area contributed by atoms with Gasteiger partial charge in [-0.1, -0.05) is 18.2 Å². The Morgan fingerprint density at radius 3 is 2.65 bits per heavy atom. The maximum absolute atomic E-state index is 12.5. The summed E-state index contributed by atoms with van der Waals surface area (Å²) in [4.78, 5) is 13.3. The number of nitrogens with one attached hydrogen (secondary N) is 1. The van der Waals surface area contributed by atoms with Crippen LogP contribution in [0.4, 0.5) is 0 Å². The molecule has 0 unspecified atom stereocenters. The van der Waals surface area contributed by atoms with Crippen molar-refractivity contribution in [2.24, 2.45) is 0 Å². The number of rotatable bonds is 7. The molecule has 26 heavy (non-hydrogen) atoms. The van der Waals surface area contributed by atoms with E-state index in [1.54, 1.807) is 37.2 Å². The van der Waals surface area contributed by atoms with Crippen LogP contribution in [0.3, 0.4) is 0 Å². The summed E-state index contributed by atoms with van der Waals surface area (Å²) in [6.45, 7) is 0.577. The first-order valence-electron chi connectivity index (χ1n) is 7.96. The molecule has 0 spiro atoms. The van der Waals surface area contributed by atoms with Crippen LogP contribution >= 0.6 is 11.9 Å². The van der Waals surface area contributed by atoms with Crippen LogP contribution in [0.2, 0.25) is 0 Å². The second-order valence-electron chi connectivity index (χ2n) is 5.41. The fourth-order valence-corrected chi connectivity index (χ4v) is 3.17. The molecule has 0 aliphatic heterocycles. The molecule has 1 amide bonds. The van der Waals surface area contributed by atoms with E-state index in [0.29, 0.717) is 23.6 Å². The van der Waals surface area contributed by atoms with Crippen molar-refractivity contribution in [2.75, 3.05) is 14.2 Å². The fraction of sp³-hybridized carbons (Fsp3) is 0.158. The minimum atomic E-state index is -0.204. The van der Waals surface area contributed by atoms with Crippen LogP contribution in [0.25, 0.3) is 0 Å². The predicted molar refractivity (Wildman–Crippen MR) is 101 cm³/mol. The van der Waals surface area contributed by atoms with E-state index in [-0.39, 0.29) is 5.91 Å². The SMILES string of the molecule is COc1cc(C(=O)NSc2ccccc2OC)ccc1Cn1cccn1. The van der Waals surface area contributed by atoms with Crippen molar-refractivity contribution in [2.45, 2.75) is 11.4 Å². The third kappa shape index (κ3) is 4.18. The minimum absolute atomic E-state index is 0.204. The average molecular weight is 369 g/mol. The Kier molecular flexibility index (Phi) is 5.80. The summed E-state index contributed by atoms with van der Waals surface area (Å²) in [6, 6.07) is 14.8. The van der Waals surface area contributed by atoms with E-state index in [0.717, 1.165) is 10.5 Å². The van der Waals surface area contributed by atoms with Crippen LogP contribution < -0.4 is 14.2 Å². The zero-order chi connectivity index (χ0) is 18.4. The van der Waals surface area contributed by atoms with E-state index in [9.17, 15) is 4.79 Å². The third-order valence-corrected chi connectivity index (χ3v) is 4.61. The summed E-state index contributed by atoms with van der Waals surface area (Å²) in [5.41, 5.74) is 1.47. The number of amides is 1. The van der Waals surface area contributed by atoms with Crippen molar-refractivity contribution in [1.82, 2.24) is 14.5 Å². The number of methoxy groups -OCH3 is 2. The number of para-hydroxylation sites is 1. The van der Waals surface area contributed by atoms with Crippen LogP contribution in [0.15, 0.2) is 65.8 Å². The number of aromatic nitrogens is 2. The number of benzene rings is 2. The highest BCUT2D eigenvalue weighted by atomic mass is 32.2. The van der Waals surface area contributed by atoms with E-state index in [2.05, 4.69) is 9.82 Å². The van der Waals surface area contributed by atoms with Gasteiger partial charge in [0.25, 0.3) is 5.91 Å². The fourth-order valence-electron chi connectivity index (χ4n) is 2.45. The van der Waals surface area contributed by atoms with Crippen LogP contribution in [0.5, 0.6) is 11.5 Å². The number of carbonyl (C=O) groups is 1. The first kappa shape index (κ1) is 17.9. The molecule has 1 N–H and O–H groups in total. The summed E-state index contributed by atoms with van der Waals surface area (Å²) in [5.74, 6) is 1.16. The molecule has 0 atom stereocenters. The second kappa shape index (κ2) is 8.44. The van der Waals surface area contributed by atoms with Crippen LogP contribution in [-0.2, 0) is 6.54 Å². The maximum atomic E-state index is 12.5. The molecule has 0 aliphatic rings. The lowest BCUT2D eigenvalue weighted by Gasteiger charge is -2.12. The Bertz CT molecular complexity index is 881. The molecule has 0 saturated heterocycles. The molecule has 134 valence electrons. The lowest BCUT2D eigenvalue weighted by Crippen LogP contribution is -2.16. The monoisotopic (exact) mass is 369 g/mol. The lowest BCUT2D eigenvalue weighted by atomic mass is 10.1. The zero-order valence-electron chi connectivity index (χ0n) is 14.5. The van der Waals surface area contributed by atoms with Gasteiger partial charge in [-0.15, -0.1) is 0 Å². The number of carbonyl (C=O) groups excluding carboxylic acids is 1. The normalized spacial score (nSPS) is 10.4. The van der Waals surface area contributed by atoms with E-state index in [4.69, 9.17) is 9.47 Å². The molecule has 0 bridgehead atoms. The second-order valence-corrected chi connectivity index (χ2v) is 6.26. The van der Waals surface area contributed by atoms with Crippen molar-refractivity contribution in [3.63, 3.8) is 0 Å². The Morgan fingerprint density at radius 1 is 1.12 bits per heavy atom. The molecule has 0 aliphatic carbocycles. The molecule has 1 heterocycles. The van der Waals surface area contributed by atoms with Crippen molar-refractivity contribution < 1.29 is 14.3 Å². The molecular formula is C19H19N3O3S. The average Bonchev–Trinajstić information content (AvgIpc) is 3.19. The number of hydrogen-bond acceptors (Lipinski definition) is 5. The molecule has 6 nitrogen and oxygen atoms in total. The standard InChI is InChI=1S/C19H19N3O3S/c1-24-16-6-3-4-7-18(16)26-21-19(23)14-8-9-15(17(12-14)25-2)13-22-11-5-10-20-22/h3-12H,13H2,1-2H3,(H,21,23). The van der Waals surface area contributed by atoms with Gasteiger partial charge >= 0.3 is 0 Å². The maximum Gasteiger partial charge on any atom is 0.261 e. The summed E-state index contributed by atoms with van der Waals surface area (Å²) in [7, 11) is 3.19. The van der Waals surface area contributed by atoms with Gasteiger partial charge in [-0.25, -0.2) is 0 Å². The first-order chi connectivity index (χ1) is 12.7. The molecule has 3 aromatic rings. The van der Waals surface area contributed by atoms with E-state index < -0.39 is 0 Å². The first-order valence-corrected chi connectivity index (χ1v) is 8.77. The minimum Gasteiger partial charge on any atom is -0.496 e. The highest BCUT2D eigenvalue weighted by Gasteiger charge is 2.12. The molecule has 0 radical (unpaired) electrons. The predicted octanol–water partition coefficient (Wildman–Crippen LogP) is 3.39. The number of hydrogen-bond donors (Lipinski definition) is 1. The van der Waals surface area contributed by atoms with Gasteiger partial charge < -0.3 is 9.47 Å². The van der Waals surface area contributed by atoms with E-state index in [1.807, 2.05) is 42.6 Å². The van der Waals surface area contributed by atoms with Crippen LogP contribution in [0.1, 0.15) is 15.9 Å². The smallest absolute Gasteiger partial charge is 0.261 e. The van der Waals surface area contributed by atoms with Crippen molar-refractivity contribution in [1.29, 1.82) is 0 Å². The highest BCUT2D eigenvalue weighted by molar-refractivity contribution is 7.98. The largest absolute Gasteiger partial charge is 0.496 e. The Hall–Kier alpha value is -2.93. The molecule has 1 aromatic heterocycles. The van der Waals surface area contributed by atoms with Crippen molar-refractivity contribution in [3.8, 4) is 11.5 Å². The summed E-state index contributed by atoms with van der Waals surface area (Å²) < 4.78 is 15.4. The van der Waals surface area contributed by atoms with Gasteiger partial charge in [-0.05, 0) is 42.3 Å². The summed E-state index contributed by atoms with van der Waals surface area (Å²) >= 11 is 1.22. The van der Waals surface area contributed by atoms with Gasteiger partial charge in [-0.3, -0.25) is 14.2 Å². The molecule has 2 aromatic carbocycles. The van der Waals surface area contributed by atoms with Crippen molar-refractivity contribution >= 4 is 17.9 Å². The van der Waals surface area contributed by atoms with E-state index >= 15 is 0 Å². The van der Waals surface area contributed by atoms with Gasteiger partial charge in [0.2, 0.25) is 0 Å². The lowest BCUT2D eigenvalue weighted by molar-refractivity contribution is 0.0984. The molecule has 7 heteroatoms.